The van der Waals surface area contributed by atoms with Gasteiger partial charge in [-0.25, -0.2) is 4.39 Å². The molecule has 0 aliphatic carbocycles. The Morgan fingerprint density at radius 2 is 1.92 bits per heavy atom. The number of para-hydroxylation sites is 1. The maximum Gasteiger partial charge on any atom is 0.276 e. The summed E-state index contributed by atoms with van der Waals surface area (Å²) >= 11 is 0. The molecule has 24 heavy (non-hydrogen) atoms. The van der Waals surface area contributed by atoms with E-state index < -0.39 is 11.5 Å². The second kappa shape index (κ2) is 5.06. The smallest absolute Gasteiger partial charge is 0.276 e. The minimum Gasteiger partial charge on any atom is -0.350 e. The molecule has 0 saturated carbocycles. The van der Waals surface area contributed by atoms with E-state index >= 15 is 0 Å². The minimum atomic E-state index is -1.34. The molecule has 5 nitrogen and oxygen atoms in total. The highest BCUT2D eigenvalue weighted by Gasteiger charge is 2.56. The van der Waals surface area contributed by atoms with E-state index in [0.717, 1.165) is 0 Å². The van der Waals surface area contributed by atoms with Crippen LogP contribution in [0.5, 0.6) is 0 Å². The summed E-state index contributed by atoms with van der Waals surface area (Å²) in [6.07, 6.45) is 0.696. The zero-order valence-corrected chi connectivity index (χ0v) is 13.1. The van der Waals surface area contributed by atoms with Gasteiger partial charge in [0.25, 0.3) is 11.8 Å². The van der Waals surface area contributed by atoms with Crippen LogP contribution < -0.4 is 10.6 Å². The van der Waals surface area contributed by atoms with Gasteiger partial charge in [-0.15, -0.1) is 0 Å². The Bertz CT molecular complexity index is 867. The molecule has 2 N–H and O–H groups in total. The second-order valence-electron chi connectivity index (χ2n) is 5.98. The lowest BCUT2D eigenvalue weighted by Gasteiger charge is -2.44. The van der Waals surface area contributed by atoms with Crippen LogP contribution in [-0.2, 0) is 10.5 Å². The summed E-state index contributed by atoms with van der Waals surface area (Å²) < 4.78 is 13.6. The number of halogens is 1. The number of rotatable bonds is 2. The number of amides is 2. The number of anilines is 2. The number of carbonyl (C=O) groups excluding carboxylic acids is 2. The van der Waals surface area contributed by atoms with E-state index in [4.69, 9.17) is 0 Å². The van der Waals surface area contributed by atoms with Crippen LogP contribution in [-0.4, -0.2) is 23.3 Å². The van der Waals surface area contributed by atoms with Gasteiger partial charge >= 0.3 is 0 Å². The van der Waals surface area contributed by atoms with Crippen LogP contribution in [0.4, 0.5) is 15.8 Å². The van der Waals surface area contributed by atoms with Crippen molar-refractivity contribution < 1.29 is 14.0 Å². The average Bonchev–Trinajstić information content (AvgIpc) is 2.83. The lowest BCUT2D eigenvalue weighted by Crippen LogP contribution is -2.61. The zero-order chi connectivity index (χ0) is 16.9. The van der Waals surface area contributed by atoms with E-state index in [1.807, 2.05) is 6.92 Å². The van der Waals surface area contributed by atoms with Gasteiger partial charge in [0.2, 0.25) is 5.66 Å². The highest BCUT2D eigenvalue weighted by Crippen LogP contribution is 2.45. The molecule has 6 heteroatoms. The normalized spacial score (nSPS) is 21.3. The first-order valence-electron chi connectivity index (χ1n) is 7.88. The quantitative estimate of drug-likeness (QED) is 0.892. The summed E-state index contributed by atoms with van der Waals surface area (Å²) in [4.78, 5) is 27.4. The summed E-state index contributed by atoms with van der Waals surface area (Å²) in [5, 5.41) is 5.94. The maximum atomic E-state index is 13.6. The highest BCUT2D eigenvalue weighted by molar-refractivity contribution is 6.14. The molecule has 122 valence electrons. The van der Waals surface area contributed by atoms with Crippen molar-refractivity contribution >= 4 is 23.2 Å². The molecule has 2 amide bonds. The Morgan fingerprint density at radius 3 is 2.71 bits per heavy atom. The van der Waals surface area contributed by atoms with Gasteiger partial charge in [-0.1, -0.05) is 19.1 Å². The van der Waals surface area contributed by atoms with Gasteiger partial charge in [0.15, 0.2) is 0 Å². The van der Waals surface area contributed by atoms with E-state index in [1.165, 1.54) is 17.0 Å². The third-order valence-electron chi connectivity index (χ3n) is 4.52. The zero-order valence-electron chi connectivity index (χ0n) is 13.1. The summed E-state index contributed by atoms with van der Waals surface area (Å²) in [5.41, 5.74) is 0.734. The summed E-state index contributed by atoms with van der Waals surface area (Å²) in [7, 11) is 0. The monoisotopic (exact) mass is 325 g/mol. The van der Waals surface area contributed by atoms with Crippen LogP contribution in [0.2, 0.25) is 0 Å². The average molecular weight is 325 g/mol. The van der Waals surface area contributed by atoms with Crippen molar-refractivity contribution in [2.24, 2.45) is 0 Å². The Kier molecular flexibility index (Phi) is 3.09. The standard InChI is InChI=1S/C18H16FN3O2/c1-2-9-22-16(23)12-5-3-4-6-14(12)21-18(22)13-8-7-11(19)10-15(13)20-17(18)24/h3-8,10,21H,2,9H2,1H3,(H,20,24)/t18-/m1/s1. The van der Waals surface area contributed by atoms with Gasteiger partial charge < -0.3 is 15.5 Å². The van der Waals surface area contributed by atoms with E-state index in [2.05, 4.69) is 10.6 Å². The van der Waals surface area contributed by atoms with Gasteiger partial charge in [-0.3, -0.25) is 9.59 Å². The van der Waals surface area contributed by atoms with Crippen molar-refractivity contribution in [3.05, 3.63) is 59.4 Å². The van der Waals surface area contributed by atoms with Crippen molar-refractivity contribution in [2.45, 2.75) is 19.0 Å². The van der Waals surface area contributed by atoms with Crippen LogP contribution in [0.25, 0.3) is 0 Å². The number of carbonyl (C=O) groups is 2. The number of hydrogen-bond donors (Lipinski definition) is 2. The first kappa shape index (κ1) is 14.7. The molecule has 2 aromatic rings. The second-order valence-corrected chi connectivity index (χ2v) is 5.98. The number of nitrogens with zero attached hydrogens (tertiary/aromatic N) is 1. The van der Waals surface area contributed by atoms with E-state index in [0.29, 0.717) is 35.5 Å². The van der Waals surface area contributed by atoms with Crippen LogP contribution in [0.1, 0.15) is 29.3 Å². The number of benzene rings is 2. The number of hydrogen-bond acceptors (Lipinski definition) is 3. The van der Waals surface area contributed by atoms with E-state index in [-0.39, 0.29) is 11.8 Å². The fourth-order valence-corrected chi connectivity index (χ4v) is 3.49. The van der Waals surface area contributed by atoms with Crippen molar-refractivity contribution in [2.75, 3.05) is 17.2 Å². The molecular weight excluding hydrogens is 309 g/mol. The Morgan fingerprint density at radius 1 is 1.12 bits per heavy atom. The van der Waals surface area contributed by atoms with Crippen molar-refractivity contribution in [3.8, 4) is 0 Å². The van der Waals surface area contributed by atoms with Crippen LogP contribution in [0.3, 0.4) is 0 Å². The molecule has 0 radical (unpaired) electrons. The molecule has 4 rings (SSSR count). The fraction of sp³-hybridized carbons (Fsp3) is 0.222. The molecular formula is C18H16FN3O2. The number of fused-ring (bicyclic) bond motifs is 3. The lowest BCUT2D eigenvalue weighted by molar-refractivity contribution is -0.125. The minimum absolute atomic E-state index is 0.210. The molecule has 0 bridgehead atoms. The molecule has 0 unspecified atom stereocenters. The van der Waals surface area contributed by atoms with Crippen molar-refractivity contribution in [3.63, 3.8) is 0 Å². The summed E-state index contributed by atoms with van der Waals surface area (Å²) in [6.45, 7) is 2.35. The summed E-state index contributed by atoms with van der Waals surface area (Å²) in [6, 6.07) is 11.2. The van der Waals surface area contributed by atoms with E-state index in [9.17, 15) is 14.0 Å². The molecule has 0 aromatic heterocycles. The maximum absolute atomic E-state index is 13.6. The SMILES string of the molecule is CCCN1C(=O)c2ccccc2N[C@@]12C(=O)Nc1cc(F)ccc12. The molecule has 2 heterocycles. The molecule has 2 aliphatic heterocycles. The highest BCUT2D eigenvalue weighted by atomic mass is 19.1. The Hall–Kier alpha value is -2.89. The third-order valence-corrected chi connectivity index (χ3v) is 4.52. The predicted molar refractivity (Wildman–Crippen MR) is 88.1 cm³/mol. The Labute approximate surface area is 138 Å². The number of nitrogens with one attached hydrogen (secondary N) is 2. The van der Waals surface area contributed by atoms with E-state index in [1.54, 1.807) is 30.3 Å². The Balaban J connectivity index is 1.96. The predicted octanol–water partition coefficient (Wildman–Crippen LogP) is 2.91. The molecule has 0 fully saturated rings. The fourth-order valence-electron chi connectivity index (χ4n) is 3.49. The van der Waals surface area contributed by atoms with Crippen molar-refractivity contribution in [1.29, 1.82) is 0 Å². The lowest BCUT2D eigenvalue weighted by atomic mass is 9.92. The van der Waals surface area contributed by atoms with Crippen LogP contribution in [0, 0.1) is 5.82 Å². The van der Waals surface area contributed by atoms with Gasteiger partial charge in [-0.05, 0) is 36.8 Å². The third kappa shape index (κ3) is 1.79. The van der Waals surface area contributed by atoms with Gasteiger partial charge in [-0.2, -0.15) is 0 Å². The topological polar surface area (TPSA) is 61.4 Å². The van der Waals surface area contributed by atoms with Gasteiger partial charge in [0.1, 0.15) is 5.82 Å². The molecule has 0 saturated heterocycles. The first-order valence-corrected chi connectivity index (χ1v) is 7.88. The largest absolute Gasteiger partial charge is 0.350 e. The van der Waals surface area contributed by atoms with Crippen LogP contribution >= 0.6 is 0 Å². The summed E-state index contributed by atoms with van der Waals surface area (Å²) in [5.74, 6) is -1.02. The molecule has 1 atom stereocenters. The van der Waals surface area contributed by atoms with Gasteiger partial charge in [0.05, 0.1) is 11.3 Å². The van der Waals surface area contributed by atoms with Gasteiger partial charge in [0, 0.05) is 17.8 Å². The molecule has 2 aliphatic rings. The molecule has 2 aromatic carbocycles. The van der Waals surface area contributed by atoms with Crippen molar-refractivity contribution in [1.82, 2.24) is 4.90 Å². The molecule has 1 spiro atoms. The van der Waals surface area contributed by atoms with Crippen LogP contribution in [0.15, 0.2) is 42.5 Å². The first-order chi connectivity index (χ1) is 11.6.